The molecule has 0 saturated heterocycles. The summed E-state index contributed by atoms with van der Waals surface area (Å²) in [4.78, 5) is 10.7. The second kappa shape index (κ2) is 3.13. The third kappa shape index (κ3) is 2.91. The molecular formula is C7H8F3NO. The van der Waals surface area contributed by atoms with Crippen molar-refractivity contribution in [1.29, 1.82) is 5.26 Å². The van der Waals surface area contributed by atoms with Crippen molar-refractivity contribution in [2.24, 2.45) is 5.41 Å². The summed E-state index contributed by atoms with van der Waals surface area (Å²) in [7, 11) is 0. The van der Waals surface area contributed by atoms with Gasteiger partial charge in [0.2, 0.25) is 0 Å². The SMILES string of the molecule is CC(=O)C(C)(C#N)CC(F)(F)F. The number of halogens is 3. The van der Waals surface area contributed by atoms with Crippen LogP contribution in [0.3, 0.4) is 0 Å². The van der Waals surface area contributed by atoms with E-state index in [0.29, 0.717) is 0 Å². The van der Waals surface area contributed by atoms with Crippen LogP contribution < -0.4 is 0 Å². The van der Waals surface area contributed by atoms with Gasteiger partial charge in [0.05, 0.1) is 12.5 Å². The largest absolute Gasteiger partial charge is 0.391 e. The van der Waals surface area contributed by atoms with Crippen LogP contribution in [0.5, 0.6) is 0 Å². The smallest absolute Gasteiger partial charge is 0.298 e. The van der Waals surface area contributed by atoms with Crippen LogP contribution in [0.15, 0.2) is 0 Å². The number of rotatable bonds is 2. The second-order valence-electron chi connectivity index (χ2n) is 2.79. The molecular weight excluding hydrogens is 171 g/mol. The maximum absolute atomic E-state index is 11.8. The van der Waals surface area contributed by atoms with Gasteiger partial charge in [0.25, 0.3) is 0 Å². The maximum atomic E-state index is 11.8. The molecule has 5 heteroatoms. The van der Waals surface area contributed by atoms with Crippen molar-refractivity contribution in [2.45, 2.75) is 26.4 Å². The van der Waals surface area contributed by atoms with E-state index in [-0.39, 0.29) is 0 Å². The number of Topliss-reactive ketones (excluding diaryl/α,β-unsaturated/α-hetero) is 1. The second-order valence-corrected chi connectivity index (χ2v) is 2.79. The van der Waals surface area contributed by atoms with Crippen molar-refractivity contribution in [3.8, 4) is 6.07 Å². The van der Waals surface area contributed by atoms with Gasteiger partial charge in [-0.2, -0.15) is 18.4 Å². The molecule has 0 aliphatic rings. The molecule has 0 rings (SSSR count). The van der Waals surface area contributed by atoms with Crippen molar-refractivity contribution in [2.75, 3.05) is 0 Å². The average molecular weight is 179 g/mol. The number of alkyl halides is 3. The standard InChI is InChI=1S/C7H8F3NO/c1-5(12)6(2,4-11)3-7(8,9)10/h3H2,1-2H3. The molecule has 0 aliphatic carbocycles. The van der Waals surface area contributed by atoms with Crippen LogP contribution >= 0.6 is 0 Å². The molecule has 2 nitrogen and oxygen atoms in total. The highest BCUT2D eigenvalue weighted by Gasteiger charge is 2.42. The van der Waals surface area contributed by atoms with Crippen LogP contribution in [0.4, 0.5) is 13.2 Å². The molecule has 0 radical (unpaired) electrons. The predicted molar refractivity (Wildman–Crippen MR) is 35.1 cm³/mol. The fraction of sp³-hybridized carbons (Fsp3) is 0.714. The summed E-state index contributed by atoms with van der Waals surface area (Å²) in [6.45, 7) is 1.97. The minimum Gasteiger partial charge on any atom is -0.298 e. The summed E-state index contributed by atoms with van der Waals surface area (Å²) in [5.41, 5.74) is -1.93. The topological polar surface area (TPSA) is 40.9 Å². The summed E-state index contributed by atoms with van der Waals surface area (Å²) < 4.78 is 35.4. The van der Waals surface area contributed by atoms with E-state index in [4.69, 9.17) is 5.26 Å². The molecule has 0 heterocycles. The molecule has 1 atom stereocenters. The molecule has 0 fully saturated rings. The molecule has 12 heavy (non-hydrogen) atoms. The van der Waals surface area contributed by atoms with Gasteiger partial charge in [-0.15, -0.1) is 0 Å². The van der Waals surface area contributed by atoms with Crippen LogP contribution in [0.2, 0.25) is 0 Å². The van der Waals surface area contributed by atoms with Gasteiger partial charge in [-0.05, 0) is 13.8 Å². The van der Waals surface area contributed by atoms with E-state index in [1.807, 2.05) is 0 Å². The van der Waals surface area contributed by atoms with Gasteiger partial charge in [-0.3, -0.25) is 4.79 Å². The molecule has 0 aromatic rings. The Balaban J connectivity index is 4.61. The van der Waals surface area contributed by atoms with Crippen molar-refractivity contribution in [3.63, 3.8) is 0 Å². The zero-order valence-electron chi connectivity index (χ0n) is 6.70. The first-order valence-corrected chi connectivity index (χ1v) is 3.20. The van der Waals surface area contributed by atoms with E-state index in [2.05, 4.69) is 0 Å². The summed E-state index contributed by atoms with van der Waals surface area (Å²) in [5, 5.41) is 8.35. The maximum Gasteiger partial charge on any atom is 0.391 e. The van der Waals surface area contributed by atoms with Crippen LogP contribution in [0, 0.1) is 16.7 Å². The lowest BCUT2D eigenvalue weighted by Crippen LogP contribution is -2.30. The van der Waals surface area contributed by atoms with Gasteiger partial charge in [-0.1, -0.05) is 0 Å². The Morgan fingerprint density at radius 2 is 1.92 bits per heavy atom. The van der Waals surface area contributed by atoms with E-state index in [0.717, 1.165) is 13.8 Å². The van der Waals surface area contributed by atoms with Gasteiger partial charge in [0, 0.05) is 0 Å². The van der Waals surface area contributed by atoms with Crippen LogP contribution in [-0.4, -0.2) is 12.0 Å². The highest BCUT2D eigenvalue weighted by atomic mass is 19.4. The van der Waals surface area contributed by atoms with E-state index < -0.39 is 23.8 Å². The fourth-order valence-electron chi connectivity index (χ4n) is 0.644. The number of carbonyl (C=O) groups excluding carboxylic acids is 1. The molecule has 0 aromatic heterocycles. The average Bonchev–Trinajstić information content (AvgIpc) is 1.83. The molecule has 0 aromatic carbocycles. The molecule has 0 amide bonds. The zero-order valence-corrected chi connectivity index (χ0v) is 6.70. The fourth-order valence-corrected chi connectivity index (χ4v) is 0.644. The number of carbonyl (C=O) groups is 1. The first-order valence-electron chi connectivity index (χ1n) is 3.20. The molecule has 1 unspecified atom stereocenters. The highest BCUT2D eigenvalue weighted by Crippen LogP contribution is 2.33. The van der Waals surface area contributed by atoms with Gasteiger partial charge in [-0.25, -0.2) is 0 Å². The van der Waals surface area contributed by atoms with E-state index in [1.54, 1.807) is 0 Å². The molecule has 68 valence electrons. The lowest BCUT2D eigenvalue weighted by molar-refractivity contribution is -0.158. The molecule has 0 spiro atoms. The van der Waals surface area contributed by atoms with Crippen LogP contribution in [0.25, 0.3) is 0 Å². The number of hydrogen-bond acceptors (Lipinski definition) is 2. The van der Waals surface area contributed by atoms with Crippen molar-refractivity contribution in [1.82, 2.24) is 0 Å². The first-order chi connectivity index (χ1) is 5.21. The Kier molecular flexibility index (Phi) is 2.86. The predicted octanol–water partition coefficient (Wildman–Crippen LogP) is 2.06. The number of hydrogen-bond donors (Lipinski definition) is 0. The van der Waals surface area contributed by atoms with Gasteiger partial charge >= 0.3 is 6.18 Å². The minimum atomic E-state index is -4.48. The zero-order chi connectivity index (χ0) is 9.99. The number of nitrogens with zero attached hydrogens (tertiary/aromatic N) is 1. The number of ketones is 1. The molecule has 0 N–H and O–H groups in total. The van der Waals surface area contributed by atoms with Crippen molar-refractivity contribution < 1.29 is 18.0 Å². The Morgan fingerprint density at radius 3 is 2.00 bits per heavy atom. The summed E-state index contributed by atoms with van der Waals surface area (Å²) in [5.74, 6) is -0.762. The van der Waals surface area contributed by atoms with Crippen molar-refractivity contribution >= 4 is 5.78 Å². The quantitative estimate of drug-likeness (QED) is 0.650. The van der Waals surface area contributed by atoms with Gasteiger partial charge in [0.1, 0.15) is 11.2 Å². The summed E-state index contributed by atoms with van der Waals surface area (Å²) >= 11 is 0. The lowest BCUT2D eigenvalue weighted by Gasteiger charge is -2.19. The Hall–Kier alpha value is -1.05. The molecule has 0 bridgehead atoms. The summed E-state index contributed by atoms with van der Waals surface area (Å²) in [6.07, 6.45) is -5.86. The Bertz CT molecular complexity index is 228. The molecule has 0 saturated carbocycles. The lowest BCUT2D eigenvalue weighted by atomic mass is 9.84. The number of nitriles is 1. The van der Waals surface area contributed by atoms with Crippen LogP contribution in [0.1, 0.15) is 20.3 Å². The third-order valence-corrected chi connectivity index (χ3v) is 1.58. The van der Waals surface area contributed by atoms with E-state index >= 15 is 0 Å². The van der Waals surface area contributed by atoms with E-state index in [9.17, 15) is 18.0 Å². The highest BCUT2D eigenvalue weighted by molar-refractivity contribution is 5.84. The van der Waals surface area contributed by atoms with E-state index in [1.165, 1.54) is 6.07 Å². The van der Waals surface area contributed by atoms with Crippen molar-refractivity contribution in [3.05, 3.63) is 0 Å². The Morgan fingerprint density at radius 1 is 1.50 bits per heavy atom. The summed E-state index contributed by atoms with van der Waals surface area (Å²) in [6, 6.07) is 1.36. The molecule has 0 aliphatic heterocycles. The monoisotopic (exact) mass is 179 g/mol. The van der Waals surface area contributed by atoms with Gasteiger partial charge < -0.3 is 0 Å². The van der Waals surface area contributed by atoms with Gasteiger partial charge in [0.15, 0.2) is 0 Å². The third-order valence-electron chi connectivity index (χ3n) is 1.58. The normalized spacial score (nSPS) is 16.3. The minimum absolute atomic E-state index is 0.762. The first kappa shape index (κ1) is 11.0. The Labute approximate surface area is 68.0 Å². The van der Waals surface area contributed by atoms with Crippen LogP contribution in [-0.2, 0) is 4.79 Å².